The van der Waals surface area contributed by atoms with Gasteiger partial charge in [-0.2, -0.15) is 4.98 Å². The quantitative estimate of drug-likeness (QED) is 0.461. The summed E-state index contributed by atoms with van der Waals surface area (Å²) in [4.78, 5) is 33.9. The molecule has 8 heteroatoms. The zero-order chi connectivity index (χ0) is 21.6. The number of fused-ring (bicyclic) bond motifs is 1. The second kappa shape index (κ2) is 10.4. The van der Waals surface area contributed by atoms with E-state index < -0.39 is 0 Å². The van der Waals surface area contributed by atoms with Crippen LogP contribution in [-0.4, -0.2) is 66.0 Å². The van der Waals surface area contributed by atoms with Gasteiger partial charge in [-0.25, -0.2) is 4.79 Å². The molecule has 0 bridgehead atoms. The van der Waals surface area contributed by atoms with Crippen LogP contribution in [0.5, 0.6) is 0 Å². The number of nitrogens with zero attached hydrogens (tertiary/aromatic N) is 4. The topological polar surface area (TPSA) is 67.7 Å². The number of carbonyl (C=O) groups is 1. The zero-order valence-corrected chi connectivity index (χ0v) is 18.9. The fraction of sp³-hybridized carbons (Fsp3) is 0.522. The molecule has 0 saturated carbocycles. The van der Waals surface area contributed by atoms with Crippen LogP contribution in [0.3, 0.4) is 0 Å². The third-order valence-electron chi connectivity index (χ3n) is 6.01. The van der Waals surface area contributed by atoms with Gasteiger partial charge in [0.25, 0.3) is 0 Å². The fourth-order valence-electron chi connectivity index (χ4n) is 4.24. The van der Waals surface area contributed by atoms with Crippen LogP contribution in [0.15, 0.2) is 40.2 Å². The fourth-order valence-corrected chi connectivity index (χ4v) is 5.23. The third kappa shape index (κ3) is 5.37. The normalized spacial score (nSPS) is 16.3. The number of morpholine rings is 1. The highest BCUT2D eigenvalue weighted by molar-refractivity contribution is 8.00. The summed E-state index contributed by atoms with van der Waals surface area (Å²) in [5.41, 5.74) is 2.95. The molecule has 1 aliphatic heterocycles. The highest BCUT2D eigenvalue weighted by Gasteiger charge is 2.23. The van der Waals surface area contributed by atoms with Crippen LogP contribution in [0.1, 0.15) is 24.1 Å². The number of hydrogen-bond acceptors (Lipinski definition) is 6. The number of thioether (sulfide) groups is 1. The van der Waals surface area contributed by atoms with Gasteiger partial charge in [0.2, 0.25) is 5.91 Å². The zero-order valence-electron chi connectivity index (χ0n) is 18.1. The standard InChI is InChI=1S/C23H30N4O3S/c1-25(18-7-3-2-4-8-18)21(28)17-31-22-19-9-5-10-20(19)27(23(29)24-22)12-6-11-26-13-15-30-16-14-26/h2-4,7-8H,5-6,9-17H2,1H3. The predicted octanol–water partition coefficient (Wildman–Crippen LogP) is 2.21. The number of rotatable bonds is 8. The summed E-state index contributed by atoms with van der Waals surface area (Å²) in [6, 6.07) is 9.59. The van der Waals surface area contributed by atoms with Crippen molar-refractivity contribution in [2.75, 3.05) is 50.5 Å². The summed E-state index contributed by atoms with van der Waals surface area (Å²) in [6.45, 7) is 5.19. The number of ether oxygens (including phenoxy) is 1. The van der Waals surface area contributed by atoms with E-state index in [0.29, 0.717) is 6.54 Å². The Balaban J connectivity index is 1.40. The number of aromatic nitrogens is 2. The van der Waals surface area contributed by atoms with Crippen molar-refractivity contribution in [1.29, 1.82) is 0 Å². The van der Waals surface area contributed by atoms with Gasteiger partial charge in [-0.1, -0.05) is 30.0 Å². The minimum Gasteiger partial charge on any atom is -0.379 e. The smallest absolute Gasteiger partial charge is 0.348 e. The first-order chi connectivity index (χ1) is 15.1. The van der Waals surface area contributed by atoms with E-state index in [9.17, 15) is 9.59 Å². The van der Waals surface area contributed by atoms with Crippen molar-refractivity contribution in [2.45, 2.75) is 37.3 Å². The molecule has 0 radical (unpaired) electrons. The highest BCUT2D eigenvalue weighted by Crippen LogP contribution is 2.29. The second-order valence-electron chi connectivity index (χ2n) is 8.01. The largest absolute Gasteiger partial charge is 0.379 e. The first kappa shape index (κ1) is 22.0. The van der Waals surface area contributed by atoms with Crippen molar-refractivity contribution < 1.29 is 9.53 Å². The maximum atomic E-state index is 12.8. The van der Waals surface area contributed by atoms with E-state index in [0.717, 1.165) is 80.5 Å². The lowest BCUT2D eigenvalue weighted by Gasteiger charge is -2.26. The predicted molar refractivity (Wildman–Crippen MR) is 123 cm³/mol. The molecule has 1 amide bonds. The molecule has 0 spiro atoms. The lowest BCUT2D eigenvalue weighted by atomic mass is 10.2. The average Bonchev–Trinajstić information content (AvgIpc) is 3.30. The molecule has 166 valence electrons. The van der Waals surface area contributed by atoms with Crippen LogP contribution in [0, 0.1) is 0 Å². The van der Waals surface area contributed by atoms with E-state index in [1.165, 1.54) is 11.8 Å². The molecular weight excluding hydrogens is 412 g/mol. The van der Waals surface area contributed by atoms with Gasteiger partial charge in [-0.05, 0) is 37.8 Å². The molecule has 1 fully saturated rings. The van der Waals surface area contributed by atoms with Gasteiger partial charge in [0.1, 0.15) is 5.03 Å². The number of amides is 1. The molecule has 1 saturated heterocycles. The lowest BCUT2D eigenvalue weighted by molar-refractivity contribution is -0.115. The lowest BCUT2D eigenvalue weighted by Crippen LogP contribution is -2.37. The Bertz CT molecular complexity index is 957. The molecule has 0 unspecified atom stereocenters. The minimum absolute atomic E-state index is 0.000522. The number of hydrogen-bond donors (Lipinski definition) is 0. The van der Waals surface area contributed by atoms with Gasteiger partial charge in [-0.3, -0.25) is 14.3 Å². The van der Waals surface area contributed by atoms with Gasteiger partial charge in [0.15, 0.2) is 0 Å². The Labute approximate surface area is 187 Å². The molecule has 0 N–H and O–H groups in total. The molecule has 2 aromatic rings. The third-order valence-corrected chi connectivity index (χ3v) is 7.01. The first-order valence-corrected chi connectivity index (χ1v) is 12.0. The van der Waals surface area contributed by atoms with Crippen molar-refractivity contribution in [1.82, 2.24) is 14.5 Å². The van der Waals surface area contributed by atoms with Crippen LogP contribution in [-0.2, 0) is 28.9 Å². The van der Waals surface area contributed by atoms with Crippen LogP contribution >= 0.6 is 11.8 Å². The number of para-hydroxylation sites is 1. The molecule has 2 aliphatic rings. The Morgan fingerprint density at radius 1 is 1.16 bits per heavy atom. The number of carbonyl (C=O) groups excluding carboxylic acids is 1. The Hall–Kier alpha value is -2.16. The Morgan fingerprint density at radius 2 is 1.94 bits per heavy atom. The summed E-state index contributed by atoms with van der Waals surface area (Å²) in [5.74, 6) is 0.269. The maximum Gasteiger partial charge on any atom is 0.348 e. The molecule has 4 rings (SSSR count). The average molecular weight is 443 g/mol. The maximum absolute atomic E-state index is 12.8. The summed E-state index contributed by atoms with van der Waals surface area (Å²) < 4.78 is 7.27. The van der Waals surface area contributed by atoms with E-state index in [2.05, 4.69) is 9.88 Å². The van der Waals surface area contributed by atoms with Crippen molar-refractivity contribution in [2.24, 2.45) is 0 Å². The van der Waals surface area contributed by atoms with Gasteiger partial charge >= 0.3 is 5.69 Å². The van der Waals surface area contributed by atoms with Crippen LogP contribution < -0.4 is 10.6 Å². The minimum atomic E-state index is -0.186. The SMILES string of the molecule is CN(C(=O)CSc1nc(=O)n(CCCN2CCOCC2)c2c1CCC2)c1ccccc1. The Kier molecular flexibility index (Phi) is 7.42. The van der Waals surface area contributed by atoms with Crippen molar-refractivity contribution >= 4 is 23.4 Å². The van der Waals surface area contributed by atoms with Gasteiger partial charge in [-0.15, -0.1) is 0 Å². The van der Waals surface area contributed by atoms with E-state index in [-0.39, 0.29) is 17.3 Å². The van der Waals surface area contributed by atoms with Gasteiger partial charge in [0.05, 0.1) is 19.0 Å². The molecule has 0 atom stereocenters. The molecule has 1 aromatic heterocycles. The van der Waals surface area contributed by atoms with Crippen molar-refractivity contribution in [3.63, 3.8) is 0 Å². The summed E-state index contributed by atoms with van der Waals surface area (Å²) in [6.07, 6.45) is 3.81. The molecule has 1 aliphatic carbocycles. The first-order valence-electron chi connectivity index (χ1n) is 11.0. The number of benzene rings is 1. The van der Waals surface area contributed by atoms with Gasteiger partial charge in [0, 0.05) is 50.2 Å². The molecule has 2 heterocycles. The van der Waals surface area contributed by atoms with Crippen molar-refractivity contribution in [3.8, 4) is 0 Å². The van der Waals surface area contributed by atoms with E-state index in [4.69, 9.17) is 4.74 Å². The molecule has 7 nitrogen and oxygen atoms in total. The van der Waals surface area contributed by atoms with E-state index in [1.807, 2.05) is 34.9 Å². The summed E-state index contributed by atoms with van der Waals surface area (Å²) in [5, 5.41) is 0.733. The second-order valence-corrected chi connectivity index (χ2v) is 8.98. The summed E-state index contributed by atoms with van der Waals surface area (Å²) in [7, 11) is 1.78. The van der Waals surface area contributed by atoms with E-state index in [1.54, 1.807) is 11.9 Å². The monoisotopic (exact) mass is 442 g/mol. The molecule has 1 aromatic carbocycles. The van der Waals surface area contributed by atoms with Crippen LogP contribution in [0.25, 0.3) is 0 Å². The number of anilines is 1. The van der Waals surface area contributed by atoms with Crippen molar-refractivity contribution in [3.05, 3.63) is 52.1 Å². The van der Waals surface area contributed by atoms with E-state index >= 15 is 0 Å². The van der Waals surface area contributed by atoms with Crippen LogP contribution in [0.2, 0.25) is 0 Å². The highest BCUT2D eigenvalue weighted by atomic mass is 32.2. The Morgan fingerprint density at radius 3 is 2.71 bits per heavy atom. The molecule has 31 heavy (non-hydrogen) atoms. The van der Waals surface area contributed by atoms with Crippen LogP contribution in [0.4, 0.5) is 5.69 Å². The molecular formula is C23H30N4O3S. The van der Waals surface area contributed by atoms with Gasteiger partial charge < -0.3 is 9.64 Å². The summed E-state index contributed by atoms with van der Waals surface area (Å²) >= 11 is 1.39.